The summed E-state index contributed by atoms with van der Waals surface area (Å²) in [5.74, 6) is 2.33. The van der Waals surface area contributed by atoms with Gasteiger partial charge in [-0.2, -0.15) is 0 Å². The Morgan fingerprint density at radius 2 is 1.59 bits per heavy atom. The number of carboxylic acid groups (broad SMARTS) is 1. The van der Waals surface area contributed by atoms with E-state index in [1.165, 1.54) is 32.8 Å². The lowest BCUT2D eigenvalue weighted by molar-refractivity contribution is -0.148. The Morgan fingerprint density at radius 3 is 2.18 bits per heavy atom. The molecule has 246 valence electrons. The molecule has 0 aliphatic carbocycles. The fraction of sp³-hybridized carbons (Fsp3) is 0.639. The molecule has 8 heteroatoms. The van der Waals surface area contributed by atoms with Crippen molar-refractivity contribution in [2.75, 3.05) is 26.9 Å². The number of benzene rings is 1. The van der Waals surface area contributed by atoms with E-state index in [0.717, 1.165) is 57.3 Å². The van der Waals surface area contributed by atoms with E-state index in [0.29, 0.717) is 18.6 Å². The molecule has 8 nitrogen and oxygen atoms in total. The van der Waals surface area contributed by atoms with Crippen molar-refractivity contribution in [1.82, 2.24) is 5.32 Å². The quantitative estimate of drug-likeness (QED) is 0.0534. The van der Waals surface area contributed by atoms with Crippen molar-refractivity contribution < 1.29 is 33.7 Å². The first-order valence-corrected chi connectivity index (χ1v) is 16.3. The summed E-state index contributed by atoms with van der Waals surface area (Å²) in [6.07, 6.45) is 15.8. The number of carboxylic acids is 1. The molecule has 0 aliphatic rings. The predicted octanol–water partition coefficient (Wildman–Crippen LogP) is 6.90. The van der Waals surface area contributed by atoms with Gasteiger partial charge in [-0.25, -0.2) is 4.79 Å². The van der Waals surface area contributed by atoms with Gasteiger partial charge in [0.1, 0.15) is 18.4 Å². The van der Waals surface area contributed by atoms with Crippen LogP contribution in [0.25, 0.3) is 0 Å². The average molecular weight is 614 g/mol. The monoisotopic (exact) mass is 613 g/mol. The van der Waals surface area contributed by atoms with Crippen molar-refractivity contribution >= 4 is 17.8 Å². The number of aliphatic carboxylic acids is 1. The Labute approximate surface area is 265 Å². The van der Waals surface area contributed by atoms with Crippen molar-refractivity contribution in [3.63, 3.8) is 0 Å². The second-order valence-corrected chi connectivity index (χ2v) is 11.1. The molecule has 1 aromatic rings. The highest BCUT2D eigenvalue weighted by atomic mass is 16.5. The molecule has 0 radical (unpaired) electrons. The molecule has 1 amide bonds. The number of carbonyl (C=O) groups excluding carboxylic acids is 2. The maximum atomic E-state index is 13.5. The Balaban J connectivity index is 2.71. The number of hydrogen-bond acceptors (Lipinski definition) is 6. The number of hydrogen-bond donors (Lipinski definition) is 2. The van der Waals surface area contributed by atoms with Gasteiger partial charge in [-0.05, 0) is 56.7 Å². The van der Waals surface area contributed by atoms with Crippen LogP contribution >= 0.6 is 0 Å². The maximum Gasteiger partial charge on any atom is 0.328 e. The van der Waals surface area contributed by atoms with Gasteiger partial charge in [0.2, 0.25) is 5.91 Å². The smallest absolute Gasteiger partial charge is 0.328 e. The Kier molecular flexibility index (Phi) is 22.1. The minimum atomic E-state index is -1.03. The van der Waals surface area contributed by atoms with E-state index >= 15 is 0 Å². The van der Waals surface area contributed by atoms with E-state index in [1.807, 2.05) is 25.1 Å². The molecule has 2 N–H and O–H groups in total. The normalized spacial score (nSPS) is 13.0. The molecule has 44 heavy (non-hydrogen) atoms. The summed E-state index contributed by atoms with van der Waals surface area (Å²) in [7, 11) is 1.27. The van der Waals surface area contributed by atoms with Crippen LogP contribution in [0.3, 0.4) is 0 Å². The van der Waals surface area contributed by atoms with E-state index in [9.17, 15) is 19.5 Å². The minimum absolute atomic E-state index is 0.192. The fourth-order valence-corrected chi connectivity index (χ4v) is 4.90. The number of amides is 1. The third-order valence-electron chi connectivity index (χ3n) is 7.45. The Bertz CT molecular complexity index is 1030. The number of carbonyl (C=O) groups is 3. The summed E-state index contributed by atoms with van der Waals surface area (Å²) < 4.78 is 16.2. The molecule has 0 unspecified atom stereocenters. The van der Waals surface area contributed by atoms with E-state index in [2.05, 4.69) is 24.1 Å². The third-order valence-corrected chi connectivity index (χ3v) is 7.45. The SMILES string of the molecule is CC#CCOc1ccc(C[C@H](NC(=O)[C@@H](/C=C/CCCCCCOCCCCCCC)[C@@H](CCC)C(=O)O)C(=O)OC)cc1. The van der Waals surface area contributed by atoms with Crippen molar-refractivity contribution in [2.45, 2.75) is 110 Å². The third kappa shape index (κ3) is 17.1. The highest BCUT2D eigenvalue weighted by Crippen LogP contribution is 2.22. The van der Waals surface area contributed by atoms with Gasteiger partial charge in [-0.1, -0.05) is 89.0 Å². The largest absolute Gasteiger partial charge is 0.481 e. The summed E-state index contributed by atoms with van der Waals surface area (Å²) in [4.78, 5) is 38.2. The van der Waals surface area contributed by atoms with Crippen LogP contribution in [0.2, 0.25) is 0 Å². The van der Waals surface area contributed by atoms with Crippen molar-refractivity contribution in [1.29, 1.82) is 0 Å². The van der Waals surface area contributed by atoms with Crippen LogP contribution in [0.15, 0.2) is 36.4 Å². The summed E-state index contributed by atoms with van der Waals surface area (Å²) in [5, 5.41) is 12.7. The number of ether oxygens (including phenoxy) is 3. The fourth-order valence-electron chi connectivity index (χ4n) is 4.90. The highest BCUT2D eigenvalue weighted by Gasteiger charge is 2.33. The van der Waals surface area contributed by atoms with Gasteiger partial charge in [0, 0.05) is 19.6 Å². The van der Waals surface area contributed by atoms with E-state index in [1.54, 1.807) is 25.1 Å². The molecular weight excluding hydrogens is 558 g/mol. The molecule has 0 bridgehead atoms. The number of nitrogens with one attached hydrogen (secondary N) is 1. The number of esters is 1. The van der Waals surface area contributed by atoms with Crippen LogP contribution in [0.4, 0.5) is 0 Å². The van der Waals surface area contributed by atoms with Crippen LogP contribution in [-0.4, -0.2) is 55.9 Å². The van der Waals surface area contributed by atoms with E-state index in [-0.39, 0.29) is 13.0 Å². The van der Waals surface area contributed by atoms with Gasteiger partial charge in [-0.3, -0.25) is 9.59 Å². The summed E-state index contributed by atoms with van der Waals surface area (Å²) in [6, 6.07) is 6.21. The van der Waals surface area contributed by atoms with Crippen molar-refractivity contribution in [2.24, 2.45) is 11.8 Å². The molecule has 0 heterocycles. The van der Waals surface area contributed by atoms with Crippen molar-refractivity contribution in [3.05, 3.63) is 42.0 Å². The lowest BCUT2D eigenvalue weighted by atomic mass is 9.86. The zero-order valence-corrected chi connectivity index (χ0v) is 27.4. The zero-order chi connectivity index (χ0) is 32.4. The molecule has 3 atom stereocenters. The molecule has 0 saturated heterocycles. The first-order chi connectivity index (χ1) is 21.4. The summed E-state index contributed by atoms with van der Waals surface area (Å²) in [5.41, 5.74) is 0.794. The van der Waals surface area contributed by atoms with Crippen molar-refractivity contribution in [3.8, 4) is 17.6 Å². The van der Waals surface area contributed by atoms with E-state index < -0.39 is 35.7 Å². The molecule has 0 spiro atoms. The molecular formula is C36H55NO7. The zero-order valence-electron chi connectivity index (χ0n) is 27.4. The number of unbranched alkanes of at least 4 members (excludes halogenated alkanes) is 8. The number of allylic oxidation sites excluding steroid dienone is 1. The first-order valence-electron chi connectivity index (χ1n) is 16.3. The summed E-state index contributed by atoms with van der Waals surface area (Å²) in [6.45, 7) is 7.76. The molecule has 1 rings (SSSR count). The molecule has 0 aliphatic heterocycles. The topological polar surface area (TPSA) is 111 Å². The molecule has 1 aromatic carbocycles. The lowest BCUT2D eigenvalue weighted by Gasteiger charge is -2.23. The number of methoxy groups -OCH3 is 1. The Hall–Kier alpha value is -3.31. The van der Waals surface area contributed by atoms with Gasteiger partial charge < -0.3 is 24.6 Å². The van der Waals surface area contributed by atoms with Crippen LogP contribution < -0.4 is 10.1 Å². The average Bonchev–Trinajstić information content (AvgIpc) is 3.02. The predicted molar refractivity (Wildman–Crippen MR) is 174 cm³/mol. The number of rotatable bonds is 25. The molecule has 0 aromatic heterocycles. The lowest BCUT2D eigenvalue weighted by Crippen LogP contribution is -2.47. The Morgan fingerprint density at radius 1 is 0.932 bits per heavy atom. The highest BCUT2D eigenvalue weighted by molar-refractivity contribution is 5.90. The summed E-state index contributed by atoms with van der Waals surface area (Å²) >= 11 is 0. The van der Waals surface area contributed by atoms with Crippen LogP contribution in [0.5, 0.6) is 5.75 Å². The van der Waals surface area contributed by atoms with Gasteiger partial charge in [-0.15, -0.1) is 5.92 Å². The van der Waals surface area contributed by atoms with E-state index in [4.69, 9.17) is 14.2 Å². The van der Waals surface area contributed by atoms with Gasteiger partial charge >= 0.3 is 11.9 Å². The van der Waals surface area contributed by atoms with Gasteiger partial charge in [0.15, 0.2) is 0 Å². The second kappa shape index (κ2) is 25.1. The minimum Gasteiger partial charge on any atom is -0.481 e. The standard InChI is InChI=1S/C36H55NO7/c1-5-8-10-14-17-25-43-26-18-15-12-11-13-16-20-31(32(19-7-3)35(39)40)34(38)37-33(36(41)42-4)28-29-21-23-30(24-22-29)44-27-9-6-2/h16,20-24,31-33H,5,7-8,10-15,17-19,25-28H2,1-4H3,(H,37,38)(H,39,40)/b20-16+/t31-,32+,33-/m0/s1. The van der Waals surface area contributed by atoms with Crippen LogP contribution in [0.1, 0.15) is 103 Å². The van der Waals surface area contributed by atoms with Gasteiger partial charge in [0.05, 0.1) is 18.9 Å². The van der Waals surface area contributed by atoms with Crippen LogP contribution in [0, 0.1) is 23.7 Å². The molecule has 0 fully saturated rings. The second-order valence-electron chi connectivity index (χ2n) is 11.1. The molecule has 0 saturated carbocycles. The van der Waals surface area contributed by atoms with Gasteiger partial charge in [0.25, 0.3) is 0 Å². The first kappa shape index (κ1) is 38.7. The van der Waals surface area contributed by atoms with Crippen LogP contribution in [-0.2, 0) is 30.3 Å². The maximum absolute atomic E-state index is 13.5.